The van der Waals surface area contributed by atoms with Gasteiger partial charge < -0.3 is 14.8 Å². The lowest BCUT2D eigenvalue weighted by atomic mass is 10.2. The third-order valence-electron chi connectivity index (χ3n) is 3.17. The Bertz CT molecular complexity index is 714. The number of para-hydroxylation sites is 1. The van der Waals surface area contributed by atoms with Gasteiger partial charge in [0.2, 0.25) is 5.91 Å². The summed E-state index contributed by atoms with van der Waals surface area (Å²) in [6.45, 7) is 2.58. The molecule has 0 atom stereocenters. The van der Waals surface area contributed by atoms with Crippen LogP contribution in [0.3, 0.4) is 0 Å². The number of rotatable bonds is 7. The molecule has 4 nitrogen and oxygen atoms in total. The van der Waals surface area contributed by atoms with E-state index in [9.17, 15) is 4.79 Å². The molecule has 0 aliphatic heterocycles. The number of ether oxygens (including phenoxy) is 2. The minimum absolute atomic E-state index is 0.220. The van der Waals surface area contributed by atoms with Gasteiger partial charge in [-0.3, -0.25) is 4.79 Å². The molecule has 2 aromatic rings. The van der Waals surface area contributed by atoms with Crippen molar-refractivity contribution in [1.29, 1.82) is 0 Å². The number of methoxy groups -OCH3 is 1. The lowest BCUT2D eigenvalue weighted by Crippen LogP contribution is -2.07. The second kappa shape index (κ2) is 8.99. The fourth-order valence-electron chi connectivity index (χ4n) is 2.06. The van der Waals surface area contributed by atoms with Gasteiger partial charge in [0.15, 0.2) is 11.5 Å². The van der Waals surface area contributed by atoms with Crippen molar-refractivity contribution in [2.45, 2.75) is 13.3 Å². The summed E-state index contributed by atoms with van der Waals surface area (Å²) < 4.78 is 10.9. The van der Waals surface area contributed by atoms with Crippen LogP contribution in [0.15, 0.2) is 48.5 Å². The number of carbonyl (C=O) groups is 1. The van der Waals surface area contributed by atoms with Crippen LogP contribution in [-0.2, 0) is 4.79 Å². The quantitative estimate of drug-likeness (QED) is 0.734. The van der Waals surface area contributed by atoms with E-state index in [4.69, 9.17) is 21.1 Å². The van der Waals surface area contributed by atoms with Crippen molar-refractivity contribution in [2.75, 3.05) is 19.0 Å². The molecule has 0 heterocycles. The van der Waals surface area contributed by atoms with E-state index in [1.54, 1.807) is 25.3 Å². The number of anilines is 1. The summed E-state index contributed by atoms with van der Waals surface area (Å²) in [5.74, 6) is 0.841. The molecule has 2 aromatic carbocycles. The molecule has 0 saturated carbocycles. The maximum Gasteiger partial charge on any atom is 0.248 e. The summed E-state index contributed by atoms with van der Waals surface area (Å²) in [4.78, 5) is 11.9. The van der Waals surface area contributed by atoms with Gasteiger partial charge in [0, 0.05) is 11.8 Å². The summed E-state index contributed by atoms with van der Waals surface area (Å²) in [5, 5.41) is 3.23. The average molecular weight is 346 g/mol. The molecule has 2 rings (SSSR count). The Hall–Kier alpha value is -2.46. The Morgan fingerprint density at radius 3 is 2.67 bits per heavy atom. The van der Waals surface area contributed by atoms with E-state index in [1.165, 1.54) is 6.08 Å². The highest BCUT2D eigenvalue weighted by atomic mass is 35.5. The maximum absolute atomic E-state index is 11.9. The number of carbonyl (C=O) groups excluding carboxylic acids is 1. The van der Waals surface area contributed by atoms with Crippen molar-refractivity contribution in [3.05, 3.63) is 59.1 Å². The summed E-state index contributed by atoms with van der Waals surface area (Å²) >= 11 is 6.25. The van der Waals surface area contributed by atoms with Crippen LogP contribution in [0.4, 0.5) is 5.69 Å². The molecule has 0 spiro atoms. The predicted molar refractivity (Wildman–Crippen MR) is 97.9 cm³/mol. The molecular formula is C19H20ClNO3. The van der Waals surface area contributed by atoms with E-state index in [0.29, 0.717) is 23.1 Å². The third kappa shape index (κ3) is 5.03. The Labute approximate surface area is 147 Å². The van der Waals surface area contributed by atoms with E-state index < -0.39 is 0 Å². The Morgan fingerprint density at radius 1 is 1.25 bits per heavy atom. The van der Waals surface area contributed by atoms with E-state index in [1.807, 2.05) is 37.3 Å². The largest absolute Gasteiger partial charge is 0.493 e. The SMILES string of the molecule is CCCOc1c(Cl)cc(/C=C/C(=O)Nc2ccccc2)cc1OC. The predicted octanol–water partition coefficient (Wildman–Crippen LogP) is 4.79. The van der Waals surface area contributed by atoms with Gasteiger partial charge in [-0.15, -0.1) is 0 Å². The summed E-state index contributed by atoms with van der Waals surface area (Å²) in [5.41, 5.74) is 1.50. The third-order valence-corrected chi connectivity index (χ3v) is 3.45. The first-order valence-electron chi connectivity index (χ1n) is 7.68. The molecule has 0 aliphatic rings. The average Bonchev–Trinajstić information content (AvgIpc) is 2.59. The van der Waals surface area contributed by atoms with Crippen molar-refractivity contribution in [1.82, 2.24) is 0 Å². The van der Waals surface area contributed by atoms with Crippen molar-refractivity contribution in [2.24, 2.45) is 0 Å². The number of hydrogen-bond donors (Lipinski definition) is 1. The Kier molecular flexibility index (Phi) is 6.70. The molecule has 0 saturated heterocycles. The minimum atomic E-state index is -0.220. The lowest BCUT2D eigenvalue weighted by molar-refractivity contribution is -0.111. The van der Waals surface area contributed by atoms with Crippen LogP contribution in [0, 0.1) is 0 Å². The number of nitrogens with one attached hydrogen (secondary N) is 1. The van der Waals surface area contributed by atoms with Gasteiger partial charge in [-0.25, -0.2) is 0 Å². The van der Waals surface area contributed by atoms with E-state index in [2.05, 4.69) is 5.32 Å². The molecule has 1 N–H and O–H groups in total. The molecule has 0 unspecified atom stereocenters. The van der Waals surface area contributed by atoms with Gasteiger partial charge in [0.05, 0.1) is 18.7 Å². The first-order chi connectivity index (χ1) is 11.6. The van der Waals surface area contributed by atoms with Crippen molar-refractivity contribution in [3.8, 4) is 11.5 Å². The van der Waals surface area contributed by atoms with E-state index >= 15 is 0 Å². The molecule has 1 amide bonds. The minimum Gasteiger partial charge on any atom is -0.493 e. The molecule has 0 aliphatic carbocycles. The summed E-state index contributed by atoms with van der Waals surface area (Å²) in [6.07, 6.45) is 4.00. The molecule has 0 bridgehead atoms. The van der Waals surface area contributed by atoms with Gasteiger partial charge in [-0.2, -0.15) is 0 Å². The van der Waals surface area contributed by atoms with E-state index in [0.717, 1.165) is 17.7 Å². The van der Waals surface area contributed by atoms with Gasteiger partial charge in [-0.05, 0) is 42.3 Å². The van der Waals surface area contributed by atoms with Crippen LogP contribution < -0.4 is 14.8 Å². The summed E-state index contributed by atoms with van der Waals surface area (Å²) in [7, 11) is 1.56. The van der Waals surface area contributed by atoms with Gasteiger partial charge >= 0.3 is 0 Å². The van der Waals surface area contributed by atoms with Crippen LogP contribution in [0.1, 0.15) is 18.9 Å². The second-order valence-corrected chi connectivity index (χ2v) is 5.48. The number of benzene rings is 2. The maximum atomic E-state index is 11.9. The van der Waals surface area contributed by atoms with Crippen molar-refractivity contribution >= 4 is 29.3 Å². The highest BCUT2D eigenvalue weighted by molar-refractivity contribution is 6.32. The number of hydrogen-bond acceptors (Lipinski definition) is 3. The Morgan fingerprint density at radius 2 is 2.00 bits per heavy atom. The zero-order chi connectivity index (χ0) is 17.4. The van der Waals surface area contributed by atoms with Crippen LogP contribution in [0.5, 0.6) is 11.5 Å². The van der Waals surface area contributed by atoms with Gasteiger partial charge in [-0.1, -0.05) is 36.7 Å². The summed E-state index contributed by atoms with van der Waals surface area (Å²) in [6, 6.07) is 12.8. The second-order valence-electron chi connectivity index (χ2n) is 5.07. The topological polar surface area (TPSA) is 47.6 Å². The van der Waals surface area contributed by atoms with Crippen LogP contribution >= 0.6 is 11.6 Å². The van der Waals surface area contributed by atoms with Gasteiger partial charge in [0.1, 0.15) is 0 Å². The van der Waals surface area contributed by atoms with E-state index in [-0.39, 0.29) is 5.91 Å². The highest BCUT2D eigenvalue weighted by Gasteiger charge is 2.11. The molecule has 0 aromatic heterocycles. The fourth-order valence-corrected chi connectivity index (χ4v) is 2.33. The van der Waals surface area contributed by atoms with Crippen molar-refractivity contribution in [3.63, 3.8) is 0 Å². The molecule has 0 fully saturated rings. The molecule has 0 radical (unpaired) electrons. The zero-order valence-corrected chi connectivity index (χ0v) is 14.5. The molecular weight excluding hydrogens is 326 g/mol. The first-order valence-corrected chi connectivity index (χ1v) is 8.06. The fraction of sp³-hybridized carbons (Fsp3) is 0.211. The lowest BCUT2D eigenvalue weighted by Gasteiger charge is -2.12. The number of amides is 1. The van der Waals surface area contributed by atoms with Crippen LogP contribution in [0.25, 0.3) is 6.08 Å². The smallest absolute Gasteiger partial charge is 0.248 e. The monoisotopic (exact) mass is 345 g/mol. The highest BCUT2D eigenvalue weighted by Crippen LogP contribution is 2.36. The van der Waals surface area contributed by atoms with Crippen LogP contribution in [0.2, 0.25) is 5.02 Å². The Balaban J connectivity index is 2.11. The molecule has 5 heteroatoms. The van der Waals surface area contributed by atoms with Gasteiger partial charge in [0.25, 0.3) is 0 Å². The molecule has 24 heavy (non-hydrogen) atoms. The zero-order valence-electron chi connectivity index (χ0n) is 13.7. The first kappa shape index (κ1) is 17.9. The standard InChI is InChI=1S/C19H20ClNO3/c1-3-11-24-19-16(20)12-14(13-17(19)23-2)9-10-18(22)21-15-7-5-4-6-8-15/h4-10,12-13H,3,11H2,1-2H3,(H,21,22)/b10-9+. The van der Waals surface area contributed by atoms with Crippen molar-refractivity contribution < 1.29 is 14.3 Å². The van der Waals surface area contributed by atoms with Crippen LogP contribution in [-0.4, -0.2) is 19.6 Å². The molecule has 126 valence electrons. The number of halogens is 1. The normalized spacial score (nSPS) is 10.6.